The predicted octanol–water partition coefficient (Wildman–Crippen LogP) is 5.35. The van der Waals surface area contributed by atoms with Crippen molar-refractivity contribution < 1.29 is 4.52 Å². The number of benzene rings is 3. The van der Waals surface area contributed by atoms with Crippen molar-refractivity contribution in [2.24, 2.45) is 0 Å². The van der Waals surface area contributed by atoms with Gasteiger partial charge in [0.15, 0.2) is 0 Å². The summed E-state index contributed by atoms with van der Waals surface area (Å²) >= 11 is 1.82. The normalized spacial score (nSPS) is 11.6. The first-order chi connectivity index (χ1) is 10.4. The van der Waals surface area contributed by atoms with E-state index in [2.05, 4.69) is 54.6 Å². The van der Waals surface area contributed by atoms with Crippen molar-refractivity contribution >= 4 is 45.6 Å². The summed E-state index contributed by atoms with van der Waals surface area (Å²) in [4.78, 5) is 0. The van der Waals surface area contributed by atoms with Gasteiger partial charge in [0.2, 0.25) is 0 Å². The molecule has 0 aliphatic heterocycles. The molecule has 0 spiro atoms. The Hall–Kier alpha value is -1.89. The maximum absolute atomic E-state index is 6.11. The van der Waals surface area contributed by atoms with Gasteiger partial charge in [-0.05, 0) is 18.2 Å². The zero-order chi connectivity index (χ0) is 14.1. The van der Waals surface area contributed by atoms with Gasteiger partial charge in [-0.3, -0.25) is 0 Å². The van der Waals surface area contributed by atoms with Gasteiger partial charge < -0.3 is 4.52 Å². The third-order valence-electron chi connectivity index (χ3n) is 3.42. The molecule has 3 aromatic carbocycles. The fourth-order valence-corrected chi connectivity index (χ4v) is 4.30. The van der Waals surface area contributed by atoms with Crippen LogP contribution in [0.5, 0.6) is 5.75 Å². The average molecular weight is 308 g/mol. The van der Waals surface area contributed by atoms with Crippen LogP contribution in [0.2, 0.25) is 0 Å². The van der Waals surface area contributed by atoms with Gasteiger partial charge in [0.1, 0.15) is 14.6 Å². The molecule has 1 nitrogen and oxygen atoms in total. The van der Waals surface area contributed by atoms with Gasteiger partial charge in [-0.25, -0.2) is 0 Å². The first-order valence-corrected chi connectivity index (χ1v) is 8.52. The summed E-state index contributed by atoms with van der Waals surface area (Å²) in [5.41, 5.74) is 0. The summed E-state index contributed by atoms with van der Waals surface area (Å²) in [6.45, 7) is 0. The predicted molar refractivity (Wildman–Crippen MR) is 94.4 cm³/mol. The Morgan fingerprint density at radius 1 is 0.714 bits per heavy atom. The summed E-state index contributed by atoms with van der Waals surface area (Å²) in [6.07, 6.45) is 0. The zero-order valence-corrected chi connectivity index (χ0v) is 13.1. The SMILES string of the molecule is c1ccc(POc2cccc3sc4ccccc4c23)cc1. The largest absolute Gasteiger partial charge is 0.472 e. The van der Waals surface area contributed by atoms with E-state index in [4.69, 9.17) is 4.52 Å². The number of thiophene rings is 1. The molecule has 0 aliphatic rings. The van der Waals surface area contributed by atoms with E-state index in [9.17, 15) is 0 Å². The Kier molecular flexibility index (Phi) is 3.34. The van der Waals surface area contributed by atoms with E-state index in [1.165, 1.54) is 25.5 Å². The van der Waals surface area contributed by atoms with Crippen LogP contribution in [0.25, 0.3) is 20.2 Å². The van der Waals surface area contributed by atoms with Gasteiger partial charge in [-0.2, -0.15) is 0 Å². The fourth-order valence-electron chi connectivity index (χ4n) is 2.45. The van der Waals surface area contributed by atoms with E-state index >= 15 is 0 Å². The molecule has 4 aromatic rings. The van der Waals surface area contributed by atoms with Crippen LogP contribution >= 0.6 is 20.1 Å². The molecular formula is C18H13OPS. The Balaban J connectivity index is 1.78. The third kappa shape index (κ3) is 2.42. The molecule has 21 heavy (non-hydrogen) atoms. The average Bonchev–Trinajstić information content (AvgIpc) is 2.93. The third-order valence-corrected chi connectivity index (χ3v) is 5.44. The lowest BCUT2D eigenvalue weighted by atomic mass is 10.1. The number of fused-ring (bicyclic) bond motifs is 3. The Labute approximate surface area is 129 Å². The molecule has 0 radical (unpaired) electrons. The van der Waals surface area contributed by atoms with Gasteiger partial charge in [0.05, 0.1) is 0 Å². The van der Waals surface area contributed by atoms with E-state index in [1.807, 2.05) is 29.5 Å². The van der Waals surface area contributed by atoms with Gasteiger partial charge in [-0.15, -0.1) is 11.3 Å². The minimum atomic E-state index is 0.333. The topological polar surface area (TPSA) is 9.23 Å². The molecule has 1 aromatic heterocycles. The monoisotopic (exact) mass is 308 g/mol. The highest BCUT2D eigenvalue weighted by Gasteiger charge is 2.09. The van der Waals surface area contributed by atoms with Crippen LogP contribution in [0.3, 0.4) is 0 Å². The van der Waals surface area contributed by atoms with Crippen molar-refractivity contribution in [1.29, 1.82) is 0 Å². The molecular weight excluding hydrogens is 295 g/mol. The van der Waals surface area contributed by atoms with Crippen molar-refractivity contribution in [3.63, 3.8) is 0 Å². The van der Waals surface area contributed by atoms with Crippen LogP contribution in [0.4, 0.5) is 0 Å². The van der Waals surface area contributed by atoms with Crippen LogP contribution in [-0.2, 0) is 0 Å². The zero-order valence-electron chi connectivity index (χ0n) is 11.2. The van der Waals surface area contributed by atoms with Gasteiger partial charge >= 0.3 is 0 Å². The molecule has 0 bridgehead atoms. The highest BCUT2D eigenvalue weighted by molar-refractivity contribution is 7.42. The quantitative estimate of drug-likeness (QED) is 0.463. The van der Waals surface area contributed by atoms with E-state index in [1.54, 1.807) is 0 Å². The lowest BCUT2D eigenvalue weighted by molar-refractivity contribution is 0.647. The summed E-state index contributed by atoms with van der Waals surface area (Å²) in [5, 5.41) is 3.74. The van der Waals surface area contributed by atoms with Crippen LogP contribution < -0.4 is 9.83 Å². The summed E-state index contributed by atoms with van der Waals surface area (Å²) < 4.78 is 8.70. The second kappa shape index (κ2) is 5.48. The van der Waals surface area contributed by atoms with E-state index in [0.717, 1.165) is 5.75 Å². The van der Waals surface area contributed by atoms with Crippen molar-refractivity contribution in [3.8, 4) is 5.75 Å². The Morgan fingerprint density at radius 2 is 1.48 bits per heavy atom. The van der Waals surface area contributed by atoms with Crippen LogP contribution in [0.1, 0.15) is 0 Å². The van der Waals surface area contributed by atoms with Crippen LogP contribution in [-0.4, -0.2) is 0 Å². The van der Waals surface area contributed by atoms with Gasteiger partial charge in [0.25, 0.3) is 0 Å². The van der Waals surface area contributed by atoms with Crippen LogP contribution in [0, 0.1) is 0 Å². The fraction of sp³-hybridized carbons (Fsp3) is 0. The number of hydrogen-bond acceptors (Lipinski definition) is 2. The second-order valence-electron chi connectivity index (χ2n) is 4.80. The van der Waals surface area contributed by atoms with Crippen LogP contribution in [0.15, 0.2) is 72.8 Å². The van der Waals surface area contributed by atoms with E-state index < -0.39 is 0 Å². The minimum Gasteiger partial charge on any atom is -0.472 e. The lowest BCUT2D eigenvalue weighted by Gasteiger charge is -2.07. The molecule has 102 valence electrons. The standard InChI is InChI=1S/C18H13OPS/c1-2-7-13(8-3-1)20-19-15-10-6-12-17-18(15)14-9-4-5-11-16(14)21-17/h1-12,20H. The molecule has 0 saturated carbocycles. The smallest absolute Gasteiger partial charge is 0.132 e. The molecule has 0 fully saturated rings. The number of rotatable bonds is 3. The second-order valence-corrected chi connectivity index (χ2v) is 6.87. The molecule has 0 amide bonds. The maximum atomic E-state index is 6.11. The van der Waals surface area contributed by atoms with Crippen molar-refractivity contribution in [2.75, 3.05) is 0 Å². The van der Waals surface area contributed by atoms with Crippen molar-refractivity contribution in [1.82, 2.24) is 0 Å². The lowest BCUT2D eigenvalue weighted by Crippen LogP contribution is -1.94. The minimum absolute atomic E-state index is 0.333. The molecule has 3 heteroatoms. The van der Waals surface area contributed by atoms with E-state index in [0.29, 0.717) is 8.81 Å². The Bertz CT molecular complexity index is 899. The molecule has 4 rings (SSSR count). The highest BCUT2D eigenvalue weighted by Crippen LogP contribution is 2.40. The van der Waals surface area contributed by atoms with E-state index in [-0.39, 0.29) is 0 Å². The van der Waals surface area contributed by atoms with Gasteiger partial charge in [0, 0.05) is 25.5 Å². The van der Waals surface area contributed by atoms with Crippen molar-refractivity contribution in [3.05, 3.63) is 72.8 Å². The molecule has 1 unspecified atom stereocenters. The van der Waals surface area contributed by atoms with Gasteiger partial charge in [-0.1, -0.05) is 54.6 Å². The molecule has 0 saturated heterocycles. The summed E-state index contributed by atoms with van der Waals surface area (Å²) in [6, 6.07) is 25.2. The Morgan fingerprint density at radius 3 is 2.38 bits per heavy atom. The molecule has 1 atom stereocenters. The summed E-state index contributed by atoms with van der Waals surface area (Å²) in [7, 11) is 0.333. The first-order valence-electron chi connectivity index (χ1n) is 6.80. The van der Waals surface area contributed by atoms with Crippen molar-refractivity contribution in [2.45, 2.75) is 0 Å². The molecule has 0 aliphatic carbocycles. The summed E-state index contributed by atoms with van der Waals surface area (Å²) in [5.74, 6) is 0.979. The first kappa shape index (κ1) is 12.8. The maximum Gasteiger partial charge on any atom is 0.132 e. The molecule has 1 heterocycles. The highest BCUT2D eigenvalue weighted by atomic mass is 32.1. The molecule has 0 N–H and O–H groups in total. The number of hydrogen-bond donors (Lipinski definition) is 0.